The summed E-state index contributed by atoms with van der Waals surface area (Å²) in [5, 5.41) is 15.1. The van der Waals surface area contributed by atoms with Gasteiger partial charge in [0.1, 0.15) is 12.1 Å². The van der Waals surface area contributed by atoms with E-state index in [1.54, 1.807) is 24.4 Å². The first kappa shape index (κ1) is 12.3. The van der Waals surface area contributed by atoms with E-state index in [1.807, 2.05) is 19.0 Å². The van der Waals surface area contributed by atoms with Crippen LogP contribution in [-0.4, -0.2) is 46.7 Å². The highest BCUT2D eigenvalue weighted by molar-refractivity contribution is 5.69. The van der Waals surface area contributed by atoms with Crippen LogP contribution in [0, 0.1) is 10.1 Å². The van der Waals surface area contributed by atoms with E-state index in [1.165, 1.54) is 4.52 Å². The van der Waals surface area contributed by atoms with Gasteiger partial charge in [0.05, 0.1) is 4.92 Å². The largest absolute Gasteiger partial charge is 0.470 e. The Morgan fingerprint density at radius 3 is 2.94 bits per heavy atom. The van der Waals surface area contributed by atoms with Gasteiger partial charge in [0.15, 0.2) is 0 Å². The summed E-state index contributed by atoms with van der Waals surface area (Å²) in [5.74, 6) is 0.0630. The number of likely N-dealkylation sites (N-methyl/N-ethyl adjacent to an activating group) is 1. The molecule has 7 heteroatoms. The molecule has 7 nitrogen and oxygen atoms in total. The highest BCUT2D eigenvalue weighted by Crippen LogP contribution is 2.30. The second-order valence-electron chi connectivity index (χ2n) is 4.09. The average Bonchev–Trinajstić information content (AvgIpc) is 2.66. The van der Waals surface area contributed by atoms with Crippen LogP contribution in [-0.2, 0) is 0 Å². The van der Waals surface area contributed by atoms with Gasteiger partial charge in [-0.1, -0.05) is 6.07 Å². The summed E-state index contributed by atoms with van der Waals surface area (Å²) in [6, 6.07) is 5.13. The van der Waals surface area contributed by atoms with Crippen molar-refractivity contribution in [2.75, 3.05) is 27.2 Å². The lowest BCUT2D eigenvalue weighted by Gasteiger charge is -2.08. The van der Waals surface area contributed by atoms with E-state index in [0.717, 1.165) is 0 Å². The van der Waals surface area contributed by atoms with Gasteiger partial charge in [-0.05, 0) is 26.2 Å². The third kappa shape index (κ3) is 2.40. The molecule has 0 aliphatic heterocycles. The first-order chi connectivity index (χ1) is 8.59. The molecule has 0 bridgehead atoms. The monoisotopic (exact) mass is 250 g/mol. The number of fused-ring (bicyclic) bond motifs is 1. The lowest BCUT2D eigenvalue weighted by Crippen LogP contribution is -2.19. The Morgan fingerprint density at radius 1 is 1.50 bits per heavy atom. The Morgan fingerprint density at radius 2 is 2.28 bits per heavy atom. The van der Waals surface area contributed by atoms with Gasteiger partial charge in [-0.3, -0.25) is 10.1 Å². The minimum Gasteiger partial charge on any atom is -0.470 e. The van der Waals surface area contributed by atoms with E-state index in [9.17, 15) is 10.1 Å². The molecule has 0 aliphatic carbocycles. The van der Waals surface area contributed by atoms with Crippen molar-refractivity contribution in [3.05, 3.63) is 34.5 Å². The van der Waals surface area contributed by atoms with E-state index in [0.29, 0.717) is 18.7 Å². The fraction of sp³-hybridized carbons (Fsp3) is 0.364. The van der Waals surface area contributed by atoms with Crippen LogP contribution in [0.3, 0.4) is 0 Å². The third-order valence-corrected chi connectivity index (χ3v) is 2.44. The standard InChI is InChI=1S/C11H14N4O3/c1-13(2)7-8-18-11-10(15(16)17)9-5-3-4-6-14(9)12-11/h3-6H,7-8H2,1-2H3. The van der Waals surface area contributed by atoms with Gasteiger partial charge in [-0.15, -0.1) is 5.10 Å². The predicted octanol–water partition coefficient (Wildman–Crippen LogP) is 1.18. The first-order valence-corrected chi connectivity index (χ1v) is 5.49. The molecule has 0 aliphatic rings. The Balaban J connectivity index is 2.31. The fourth-order valence-corrected chi connectivity index (χ4v) is 1.56. The summed E-state index contributed by atoms with van der Waals surface area (Å²) >= 11 is 0. The molecule has 2 aromatic rings. The number of hydrogen-bond donors (Lipinski definition) is 0. The Labute approximate surface area is 104 Å². The normalized spacial score (nSPS) is 11.1. The lowest BCUT2D eigenvalue weighted by molar-refractivity contribution is -0.384. The second kappa shape index (κ2) is 5.01. The maximum Gasteiger partial charge on any atom is 0.357 e. The van der Waals surface area contributed by atoms with Crippen molar-refractivity contribution in [3.63, 3.8) is 0 Å². The van der Waals surface area contributed by atoms with Gasteiger partial charge in [-0.2, -0.15) is 0 Å². The van der Waals surface area contributed by atoms with Crippen LogP contribution in [0.4, 0.5) is 5.69 Å². The summed E-state index contributed by atoms with van der Waals surface area (Å²) in [6.45, 7) is 1.03. The van der Waals surface area contributed by atoms with Crippen molar-refractivity contribution < 1.29 is 9.66 Å². The van der Waals surface area contributed by atoms with Gasteiger partial charge >= 0.3 is 11.6 Å². The molecule has 2 heterocycles. The van der Waals surface area contributed by atoms with Gasteiger partial charge < -0.3 is 9.64 Å². The van der Waals surface area contributed by atoms with Crippen molar-refractivity contribution >= 4 is 11.2 Å². The van der Waals surface area contributed by atoms with Crippen LogP contribution in [0.1, 0.15) is 0 Å². The van der Waals surface area contributed by atoms with Gasteiger partial charge in [0, 0.05) is 12.7 Å². The molecular weight excluding hydrogens is 236 g/mol. The van der Waals surface area contributed by atoms with E-state index < -0.39 is 4.92 Å². The molecule has 0 saturated heterocycles. The van der Waals surface area contributed by atoms with E-state index >= 15 is 0 Å². The topological polar surface area (TPSA) is 72.9 Å². The molecule has 0 fully saturated rings. The molecule has 0 N–H and O–H groups in total. The van der Waals surface area contributed by atoms with E-state index in [-0.39, 0.29) is 11.6 Å². The Bertz CT molecular complexity index is 564. The quantitative estimate of drug-likeness (QED) is 0.588. The smallest absolute Gasteiger partial charge is 0.357 e. The fourth-order valence-electron chi connectivity index (χ4n) is 1.56. The highest BCUT2D eigenvalue weighted by atomic mass is 16.6. The molecular formula is C11H14N4O3. The molecule has 0 saturated carbocycles. The maximum absolute atomic E-state index is 11.1. The number of ether oxygens (including phenoxy) is 1. The molecule has 18 heavy (non-hydrogen) atoms. The van der Waals surface area contributed by atoms with Gasteiger partial charge in [0.2, 0.25) is 0 Å². The van der Waals surface area contributed by atoms with Gasteiger partial charge in [-0.25, -0.2) is 4.52 Å². The molecule has 0 spiro atoms. The summed E-state index contributed by atoms with van der Waals surface area (Å²) < 4.78 is 6.83. The number of hydrogen-bond acceptors (Lipinski definition) is 5. The summed E-state index contributed by atoms with van der Waals surface area (Å²) in [7, 11) is 3.81. The van der Waals surface area contributed by atoms with E-state index in [2.05, 4.69) is 5.10 Å². The van der Waals surface area contributed by atoms with Crippen molar-refractivity contribution in [1.29, 1.82) is 0 Å². The van der Waals surface area contributed by atoms with Crippen LogP contribution in [0.5, 0.6) is 5.88 Å². The average molecular weight is 250 g/mol. The molecule has 0 radical (unpaired) electrons. The molecule has 0 atom stereocenters. The summed E-state index contributed by atoms with van der Waals surface area (Å²) in [5.41, 5.74) is 0.344. The molecule has 0 unspecified atom stereocenters. The van der Waals surface area contributed by atoms with Crippen molar-refractivity contribution in [2.24, 2.45) is 0 Å². The first-order valence-electron chi connectivity index (χ1n) is 5.49. The van der Waals surface area contributed by atoms with E-state index in [4.69, 9.17) is 4.74 Å². The minimum atomic E-state index is -0.465. The number of rotatable bonds is 5. The highest BCUT2D eigenvalue weighted by Gasteiger charge is 2.24. The molecule has 0 aromatic carbocycles. The molecule has 2 aromatic heterocycles. The summed E-state index contributed by atoms with van der Waals surface area (Å²) in [4.78, 5) is 12.5. The molecule has 2 rings (SSSR count). The maximum atomic E-state index is 11.1. The SMILES string of the molecule is CN(C)CCOc1nn2ccccc2c1[N+](=O)[O-]. The zero-order chi connectivity index (χ0) is 13.1. The number of aromatic nitrogens is 2. The third-order valence-electron chi connectivity index (χ3n) is 2.44. The van der Waals surface area contributed by atoms with Crippen LogP contribution in [0.15, 0.2) is 24.4 Å². The molecule has 0 amide bonds. The summed E-state index contributed by atoms with van der Waals surface area (Å²) in [6.07, 6.45) is 1.65. The van der Waals surface area contributed by atoms with Crippen molar-refractivity contribution in [1.82, 2.24) is 14.5 Å². The van der Waals surface area contributed by atoms with Crippen LogP contribution in [0.2, 0.25) is 0 Å². The molecule has 96 valence electrons. The van der Waals surface area contributed by atoms with Gasteiger partial charge in [0.25, 0.3) is 0 Å². The number of nitro groups is 1. The minimum absolute atomic E-state index is 0.0630. The second-order valence-corrected chi connectivity index (χ2v) is 4.09. The number of nitrogens with zero attached hydrogens (tertiary/aromatic N) is 4. The van der Waals surface area contributed by atoms with Crippen molar-refractivity contribution in [3.8, 4) is 5.88 Å². The number of pyridine rings is 1. The predicted molar refractivity (Wildman–Crippen MR) is 65.9 cm³/mol. The van der Waals surface area contributed by atoms with Crippen LogP contribution >= 0.6 is 0 Å². The zero-order valence-corrected chi connectivity index (χ0v) is 10.2. The van der Waals surface area contributed by atoms with Crippen molar-refractivity contribution in [2.45, 2.75) is 0 Å². The zero-order valence-electron chi connectivity index (χ0n) is 10.2. The van der Waals surface area contributed by atoms with Crippen LogP contribution < -0.4 is 4.74 Å². The Kier molecular flexibility index (Phi) is 3.42. The lowest BCUT2D eigenvalue weighted by atomic mass is 10.3. The van der Waals surface area contributed by atoms with Crippen LogP contribution in [0.25, 0.3) is 5.52 Å². The Hall–Kier alpha value is -2.15.